The van der Waals surface area contributed by atoms with Crippen molar-refractivity contribution in [2.24, 2.45) is 0 Å². The molecular weight excluding hydrogens is 409 g/mol. The van der Waals surface area contributed by atoms with Crippen molar-refractivity contribution in [1.29, 1.82) is 5.26 Å². The van der Waals surface area contributed by atoms with Crippen molar-refractivity contribution in [2.75, 3.05) is 24.7 Å². The molecule has 0 radical (unpaired) electrons. The van der Waals surface area contributed by atoms with Crippen LogP contribution in [0.5, 0.6) is 0 Å². The van der Waals surface area contributed by atoms with Gasteiger partial charge in [-0.1, -0.05) is 0 Å². The number of nitrogens with zero attached hydrogens (tertiary/aromatic N) is 7. The zero-order valence-corrected chi connectivity index (χ0v) is 18.3. The molecule has 3 aliphatic rings. The second-order valence-electron chi connectivity index (χ2n) is 9.26. The Morgan fingerprint density at radius 3 is 2.88 bits per heavy atom. The van der Waals surface area contributed by atoms with Crippen LogP contribution in [0.15, 0.2) is 18.3 Å². The van der Waals surface area contributed by atoms with Crippen molar-refractivity contribution in [1.82, 2.24) is 24.3 Å². The third-order valence-corrected chi connectivity index (χ3v) is 7.27. The van der Waals surface area contributed by atoms with Gasteiger partial charge in [0.2, 0.25) is 0 Å². The number of halogens is 1. The fraction of sp³-hybridized carbons (Fsp3) is 0.522. The third-order valence-electron chi connectivity index (χ3n) is 7.27. The Kier molecular flexibility index (Phi) is 4.49. The largest absolute Gasteiger partial charge is 0.380 e. The molecule has 9 heteroatoms. The SMILES string of the molecule is C[C@@H]1CN(c2ccc(C#N)n3ncc(F)c23)Cc2c3c(nn21)CN(C1CCOC1)[C@@H](C)C3. The van der Waals surface area contributed by atoms with Gasteiger partial charge in [0, 0.05) is 37.3 Å². The first-order chi connectivity index (χ1) is 15.5. The second-order valence-corrected chi connectivity index (χ2v) is 9.26. The average molecular weight is 436 g/mol. The average Bonchev–Trinajstić information content (AvgIpc) is 3.52. The molecule has 32 heavy (non-hydrogen) atoms. The molecule has 6 rings (SSSR count). The summed E-state index contributed by atoms with van der Waals surface area (Å²) in [7, 11) is 0. The monoisotopic (exact) mass is 435 g/mol. The van der Waals surface area contributed by atoms with E-state index in [1.54, 1.807) is 6.07 Å². The summed E-state index contributed by atoms with van der Waals surface area (Å²) in [5.41, 5.74) is 5.17. The van der Waals surface area contributed by atoms with Gasteiger partial charge in [0.25, 0.3) is 0 Å². The molecule has 3 atom stereocenters. The van der Waals surface area contributed by atoms with Gasteiger partial charge in [0.05, 0.1) is 42.5 Å². The third kappa shape index (κ3) is 2.86. The number of pyridine rings is 1. The van der Waals surface area contributed by atoms with E-state index in [9.17, 15) is 9.65 Å². The first-order valence-corrected chi connectivity index (χ1v) is 11.3. The first-order valence-electron chi connectivity index (χ1n) is 11.3. The van der Waals surface area contributed by atoms with Crippen LogP contribution >= 0.6 is 0 Å². The van der Waals surface area contributed by atoms with Gasteiger partial charge in [-0.05, 0) is 38.8 Å². The van der Waals surface area contributed by atoms with E-state index in [0.29, 0.717) is 29.8 Å². The summed E-state index contributed by atoms with van der Waals surface area (Å²) in [5.74, 6) is -0.408. The molecule has 3 aliphatic heterocycles. The zero-order chi connectivity index (χ0) is 22.0. The smallest absolute Gasteiger partial charge is 0.171 e. The number of hydrogen-bond donors (Lipinski definition) is 0. The number of hydrogen-bond acceptors (Lipinski definition) is 6. The van der Waals surface area contributed by atoms with Crippen LogP contribution < -0.4 is 4.90 Å². The topological polar surface area (TPSA) is 74.6 Å². The molecule has 0 N–H and O–H groups in total. The van der Waals surface area contributed by atoms with Crippen LogP contribution in [-0.2, 0) is 24.2 Å². The van der Waals surface area contributed by atoms with Gasteiger partial charge in [-0.15, -0.1) is 0 Å². The molecule has 3 aromatic heterocycles. The minimum Gasteiger partial charge on any atom is -0.380 e. The molecule has 1 saturated heterocycles. The van der Waals surface area contributed by atoms with Crippen LogP contribution in [0.4, 0.5) is 10.1 Å². The van der Waals surface area contributed by atoms with Crippen LogP contribution in [0.2, 0.25) is 0 Å². The van der Waals surface area contributed by atoms with Crippen molar-refractivity contribution in [2.45, 2.75) is 57.9 Å². The highest BCUT2D eigenvalue weighted by Gasteiger charge is 2.37. The summed E-state index contributed by atoms with van der Waals surface area (Å²) in [5, 5.41) is 18.5. The summed E-state index contributed by atoms with van der Waals surface area (Å²) in [4.78, 5) is 4.74. The van der Waals surface area contributed by atoms with E-state index in [1.807, 2.05) is 6.07 Å². The van der Waals surface area contributed by atoms with Crippen molar-refractivity contribution in [3.8, 4) is 6.07 Å². The highest BCUT2D eigenvalue weighted by atomic mass is 19.1. The molecule has 0 amide bonds. The maximum Gasteiger partial charge on any atom is 0.171 e. The van der Waals surface area contributed by atoms with Crippen molar-refractivity contribution >= 4 is 11.2 Å². The Morgan fingerprint density at radius 1 is 1.22 bits per heavy atom. The Bertz CT molecular complexity index is 1240. The summed E-state index contributed by atoms with van der Waals surface area (Å²) < 4.78 is 23.9. The molecule has 3 aromatic rings. The minimum absolute atomic E-state index is 0.157. The second kappa shape index (κ2) is 7.29. The maximum absolute atomic E-state index is 14.7. The Balaban J connectivity index is 1.37. The molecule has 0 aromatic carbocycles. The van der Waals surface area contributed by atoms with Gasteiger partial charge < -0.3 is 9.64 Å². The number of anilines is 1. The van der Waals surface area contributed by atoms with E-state index >= 15 is 0 Å². The van der Waals surface area contributed by atoms with E-state index in [2.05, 4.69) is 39.5 Å². The van der Waals surface area contributed by atoms with E-state index in [1.165, 1.54) is 27.7 Å². The Labute approximate surface area is 185 Å². The molecule has 166 valence electrons. The molecular formula is C23H26FN7O. The molecule has 0 spiro atoms. The van der Waals surface area contributed by atoms with Crippen LogP contribution in [0.25, 0.3) is 5.52 Å². The van der Waals surface area contributed by atoms with Gasteiger partial charge in [0.1, 0.15) is 17.3 Å². The van der Waals surface area contributed by atoms with E-state index in [4.69, 9.17) is 9.84 Å². The lowest BCUT2D eigenvalue weighted by Gasteiger charge is -2.38. The van der Waals surface area contributed by atoms with E-state index in [-0.39, 0.29) is 6.04 Å². The van der Waals surface area contributed by atoms with Gasteiger partial charge in [-0.25, -0.2) is 8.91 Å². The lowest BCUT2D eigenvalue weighted by Crippen LogP contribution is -2.45. The number of ether oxygens (including phenoxy) is 1. The van der Waals surface area contributed by atoms with Gasteiger partial charge in [-0.3, -0.25) is 9.58 Å². The van der Waals surface area contributed by atoms with Crippen LogP contribution in [-0.4, -0.2) is 56.1 Å². The van der Waals surface area contributed by atoms with Crippen LogP contribution in [0.1, 0.15) is 49.0 Å². The van der Waals surface area contributed by atoms with Crippen LogP contribution in [0, 0.1) is 17.1 Å². The molecule has 0 aliphatic carbocycles. The summed E-state index contributed by atoms with van der Waals surface area (Å²) in [6, 6.07) is 6.71. The number of nitriles is 1. The highest BCUT2D eigenvalue weighted by Crippen LogP contribution is 2.36. The minimum atomic E-state index is -0.408. The normalized spacial score (nSPS) is 25.7. The molecule has 8 nitrogen and oxygen atoms in total. The van der Waals surface area contributed by atoms with Crippen molar-refractivity contribution in [3.63, 3.8) is 0 Å². The number of aromatic nitrogens is 4. The molecule has 1 unspecified atom stereocenters. The number of rotatable bonds is 2. The molecule has 0 bridgehead atoms. The predicted molar refractivity (Wildman–Crippen MR) is 116 cm³/mol. The summed E-state index contributed by atoms with van der Waals surface area (Å²) in [6.07, 6.45) is 3.23. The Hall–Kier alpha value is -2.96. The van der Waals surface area contributed by atoms with Gasteiger partial charge >= 0.3 is 0 Å². The summed E-state index contributed by atoms with van der Waals surface area (Å²) >= 11 is 0. The van der Waals surface area contributed by atoms with E-state index < -0.39 is 5.82 Å². The van der Waals surface area contributed by atoms with Gasteiger partial charge in [-0.2, -0.15) is 15.5 Å². The molecule has 0 saturated carbocycles. The standard InChI is InChI=1S/C23H26FN7O/c1-14-7-18-20(11-29(14)17-5-6-32-13-17)27-30-15(2)10-28(12-22(18)30)21-4-3-16(8-25)31-23(21)19(24)9-26-31/h3-4,9,14-15,17H,5-7,10-13H2,1-2H3/t14-,15+,17?/m0/s1. The molecule has 6 heterocycles. The lowest BCUT2D eigenvalue weighted by molar-refractivity contribution is 0.0983. The molecule has 1 fully saturated rings. The summed E-state index contributed by atoms with van der Waals surface area (Å²) in [6.45, 7) is 8.34. The van der Waals surface area contributed by atoms with Crippen LogP contribution in [0.3, 0.4) is 0 Å². The van der Waals surface area contributed by atoms with Crippen molar-refractivity contribution in [3.05, 3.63) is 46.8 Å². The van der Waals surface area contributed by atoms with Crippen molar-refractivity contribution < 1.29 is 9.13 Å². The fourth-order valence-electron chi connectivity index (χ4n) is 5.68. The zero-order valence-electron chi connectivity index (χ0n) is 18.3. The quantitative estimate of drug-likeness (QED) is 0.616. The Morgan fingerprint density at radius 2 is 2.09 bits per heavy atom. The first kappa shape index (κ1) is 19.7. The fourth-order valence-corrected chi connectivity index (χ4v) is 5.68. The number of fused-ring (bicyclic) bond motifs is 4. The maximum atomic E-state index is 14.7. The van der Waals surface area contributed by atoms with E-state index in [0.717, 1.165) is 44.8 Å². The van der Waals surface area contributed by atoms with Gasteiger partial charge in [0.15, 0.2) is 5.82 Å². The lowest BCUT2D eigenvalue weighted by atomic mass is 9.95. The predicted octanol–water partition coefficient (Wildman–Crippen LogP) is 2.66. The highest BCUT2D eigenvalue weighted by molar-refractivity contribution is 5.75.